The molecule has 0 amide bonds. The summed E-state index contributed by atoms with van der Waals surface area (Å²) in [5, 5.41) is 10.6. The van der Waals surface area contributed by atoms with E-state index in [0.29, 0.717) is 12.6 Å². The molecule has 1 fully saturated rings. The zero-order valence-corrected chi connectivity index (χ0v) is 12.0. The van der Waals surface area contributed by atoms with Gasteiger partial charge in [0.25, 0.3) is 5.56 Å². The molecule has 1 aliphatic rings. The van der Waals surface area contributed by atoms with Gasteiger partial charge in [0.2, 0.25) is 0 Å². The van der Waals surface area contributed by atoms with Crippen molar-refractivity contribution in [3.63, 3.8) is 0 Å². The highest BCUT2D eigenvalue weighted by Gasteiger charge is 2.16. The summed E-state index contributed by atoms with van der Waals surface area (Å²) in [5.41, 5.74) is 6.67. The van der Waals surface area contributed by atoms with Crippen molar-refractivity contribution < 1.29 is 5.11 Å². The second-order valence-electron chi connectivity index (χ2n) is 5.75. The van der Waals surface area contributed by atoms with Crippen molar-refractivity contribution in [2.45, 2.75) is 25.4 Å². The van der Waals surface area contributed by atoms with Crippen molar-refractivity contribution in [3.05, 3.63) is 40.7 Å². The van der Waals surface area contributed by atoms with Gasteiger partial charge in [-0.15, -0.1) is 0 Å². The summed E-state index contributed by atoms with van der Waals surface area (Å²) in [7, 11) is 0. The molecule has 112 valence electrons. The fourth-order valence-electron chi connectivity index (χ4n) is 2.93. The maximum absolute atomic E-state index is 12.1. The van der Waals surface area contributed by atoms with Crippen LogP contribution in [0.4, 0.5) is 0 Å². The van der Waals surface area contributed by atoms with Crippen molar-refractivity contribution >= 4 is 10.9 Å². The van der Waals surface area contributed by atoms with Crippen molar-refractivity contribution in [3.8, 4) is 5.75 Å². The highest BCUT2D eigenvalue weighted by atomic mass is 16.3. The SMILES string of the molecule is NC1CCN(CCn2c(=O)ccc3ccc(O)cc32)CC1. The van der Waals surface area contributed by atoms with E-state index >= 15 is 0 Å². The van der Waals surface area contributed by atoms with Crippen LogP contribution >= 0.6 is 0 Å². The number of hydrogen-bond acceptors (Lipinski definition) is 4. The Balaban J connectivity index is 1.81. The number of hydrogen-bond donors (Lipinski definition) is 2. The number of nitrogens with two attached hydrogens (primary N) is 1. The Bertz CT molecular complexity index is 687. The Morgan fingerprint density at radius 1 is 1.14 bits per heavy atom. The van der Waals surface area contributed by atoms with E-state index in [9.17, 15) is 9.90 Å². The van der Waals surface area contributed by atoms with Crippen LogP contribution in [0.15, 0.2) is 35.1 Å². The molecule has 0 aliphatic carbocycles. The third kappa shape index (κ3) is 3.09. The summed E-state index contributed by atoms with van der Waals surface area (Å²) < 4.78 is 1.74. The lowest BCUT2D eigenvalue weighted by Crippen LogP contribution is -2.41. The van der Waals surface area contributed by atoms with Gasteiger partial charge in [-0.2, -0.15) is 0 Å². The number of likely N-dealkylation sites (tertiary alicyclic amines) is 1. The summed E-state index contributed by atoms with van der Waals surface area (Å²) in [6, 6.07) is 8.84. The fraction of sp³-hybridized carbons (Fsp3) is 0.438. The lowest BCUT2D eigenvalue weighted by Gasteiger charge is -2.30. The molecule has 2 heterocycles. The summed E-state index contributed by atoms with van der Waals surface area (Å²) >= 11 is 0. The first-order valence-electron chi connectivity index (χ1n) is 7.44. The lowest BCUT2D eigenvalue weighted by atomic mass is 10.1. The standard InChI is InChI=1S/C16H21N3O2/c17-13-5-7-18(8-6-13)9-10-19-15-11-14(20)3-1-12(15)2-4-16(19)21/h1-4,11,13,20H,5-10,17H2. The number of benzene rings is 1. The monoisotopic (exact) mass is 287 g/mol. The Hall–Kier alpha value is -1.85. The molecule has 0 spiro atoms. The molecule has 5 heteroatoms. The van der Waals surface area contributed by atoms with Crippen LogP contribution in [0.2, 0.25) is 0 Å². The zero-order chi connectivity index (χ0) is 14.8. The molecule has 21 heavy (non-hydrogen) atoms. The molecule has 1 saturated heterocycles. The summed E-state index contributed by atoms with van der Waals surface area (Å²) in [6.07, 6.45) is 2.04. The first kappa shape index (κ1) is 14.1. The Morgan fingerprint density at radius 2 is 1.86 bits per heavy atom. The van der Waals surface area contributed by atoms with Gasteiger partial charge in [-0.3, -0.25) is 4.79 Å². The van der Waals surface area contributed by atoms with E-state index < -0.39 is 0 Å². The van der Waals surface area contributed by atoms with Gasteiger partial charge < -0.3 is 20.3 Å². The molecule has 3 N–H and O–H groups in total. The quantitative estimate of drug-likeness (QED) is 0.888. The van der Waals surface area contributed by atoms with Gasteiger partial charge in [-0.25, -0.2) is 0 Å². The lowest BCUT2D eigenvalue weighted by molar-refractivity contribution is 0.206. The van der Waals surface area contributed by atoms with Gasteiger partial charge in [0.05, 0.1) is 5.52 Å². The van der Waals surface area contributed by atoms with Crippen LogP contribution in [-0.2, 0) is 6.54 Å². The minimum absolute atomic E-state index is 0.0261. The van der Waals surface area contributed by atoms with Gasteiger partial charge in [-0.1, -0.05) is 0 Å². The van der Waals surface area contributed by atoms with Gasteiger partial charge in [0.1, 0.15) is 5.75 Å². The number of aromatic hydroxyl groups is 1. The smallest absolute Gasteiger partial charge is 0.251 e. The van der Waals surface area contributed by atoms with Crippen LogP contribution in [0.3, 0.4) is 0 Å². The highest BCUT2D eigenvalue weighted by Crippen LogP contribution is 2.18. The van der Waals surface area contributed by atoms with Crippen molar-refractivity contribution in [2.75, 3.05) is 19.6 Å². The van der Waals surface area contributed by atoms with Gasteiger partial charge in [-0.05, 0) is 49.5 Å². The molecular weight excluding hydrogens is 266 g/mol. The molecule has 0 unspecified atom stereocenters. The maximum atomic E-state index is 12.1. The minimum atomic E-state index is -0.0261. The summed E-state index contributed by atoms with van der Waals surface area (Å²) in [5.74, 6) is 0.186. The van der Waals surface area contributed by atoms with Crippen LogP contribution < -0.4 is 11.3 Å². The predicted octanol–water partition coefficient (Wildman–Crippen LogP) is 1.13. The molecule has 0 bridgehead atoms. The molecule has 2 aromatic rings. The van der Waals surface area contributed by atoms with Crippen LogP contribution in [0.5, 0.6) is 5.75 Å². The maximum Gasteiger partial charge on any atom is 0.251 e. The fourth-order valence-corrected chi connectivity index (χ4v) is 2.93. The Labute approximate surface area is 123 Å². The van der Waals surface area contributed by atoms with E-state index in [1.54, 1.807) is 28.8 Å². The van der Waals surface area contributed by atoms with Crippen LogP contribution in [0.1, 0.15) is 12.8 Å². The second-order valence-corrected chi connectivity index (χ2v) is 5.75. The molecule has 5 nitrogen and oxygen atoms in total. The topological polar surface area (TPSA) is 71.5 Å². The van der Waals surface area contributed by atoms with Crippen LogP contribution in [-0.4, -0.2) is 40.2 Å². The van der Waals surface area contributed by atoms with Gasteiger partial charge in [0.15, 0.2) is 0 Å². The number of phenols is 1. The van der Waals surface area contributed by atoms with E-state index in [0.717, 1.165) is 43.4 Å². The highest BCUT2D eigenvalue weighted by molar-refractivity contribution is 5.80. The summed E-state index contributed by atoms with van der Waals surface area (Å²) in [4.78, 5) is 14.5. The Morgan fingerprint density at radius 3 is 2.62 bits per heavy atom. The van der Waals surface area contributed by atoms with Gasteiger partial charge in [0, 0.05) is 31.3 Å². The van der Waals surface area contributed by atoms with E-state index in [1.807, 2.05) is 6.07 Å². The first-order valence-corrected chi connectivity index (χ1v) is 7.44. The first-order chi connectivity index (χ1) is 10.1. The van der Waals surface area contributed by atoms with Crippen LogP contribution in [0, 0.1) is 0 Å². The molecule has 3 rings (SSSR count). The number of nitrogens with zero attached hydrogens (tertiary/aromatic N) is 2. The van der Waals surface area contributed by atoms with E-state index in [4.69, 9.17) is 5.73 Å². The number of fused-ring (bicyclic) bond motifs is 1. The van der Waals surface area contributed by atoms with E-state index in [1.165, 1.54) is 0 Å². The average molecular weight is 287 g/mol. The third-order valence-corrected chi connectivity index (χ3v) is 4.25. The summed E-state index contributed by atoms with van der Waals surface area (Å²) in [6.45, 7) is 3.45. The van der Waals surface area contributed by atoms with E-state index in [-0.39, 0.29) is 11.3 Å². The average Bonchev–Trinajstić information content (AvgIpc) is 2.48. The van der Waals surface area contributed by atoms with Crippen molar-refractivity contribution in [1.29, 1.82) is 0 Å². The number of aromatic nitrogens is 1. The normalized spacial score (nSPS) is 17.4. The largest absolute Gasteiger partial charge is 0.508 e. The zero-order valence-electron chi connectivity index (χ0n) is 12.0. The molecule has 0 saturated carbocycles. The minimum Gasteiger partial charge on any atom is -0.508 e. The third-order valence-electron chi connectivity index (χ3n) is 4.25. The molecular formula is C16H21N3O2. The molecule has 1 aromatic carbocycles. The number of rotatable bonds is 3. The van der Waals surface area contributed by atoms with Crippen molar-refractivity contribution in [2.24, 2.45) is 5.73 Å². The molecule has 1 aromatic heterocycles. The number of pyridine rings is 1. The predicted molar refractivity (Wildman–Crippen MR) is 83.5 cm³/mol. The molecule has 0 radical (unpaired) electrons. The Kier molecular flexibility index (Phi) is 3.94. The van der Waals surface area contributed by atoms with Gasteiger partial charge >= 0.3 is 0 Å². The molecule has 0 atom stereocenters. The molecule has 1 aliphatic heterocycles. The second kappa shape index (κ2) is 5.87. The van der Waals surface area contributed by atoms with Crippen LogP contribution in [0.25, 0.3) is 10.9 Å². The van der Waals surface area contributed by atoms with E-state index in [2.05, 4.69) is 4.90 Å². The number of phenolic OH excluding ortho intramolecular Hbond substituents is 1. The van der Waals surface area contributed by atoms with Crippen molar-refractivity contribution in [1.82, 2.24) is 9.47 Å². The number of piperidine rings is 1.